The number of rotatable bonds is 3. The van der Waals surface area contributed by atoms with Gasteiger partial charge in [0.1, 0.15) is 0 Å². The van der Waals surface area contributed by atoms with Gasteiger partial charge >= 0.3 is 0 Å². The number of hydrogen-bond acceptors (Lipinski definition) is 3. The molecule has 0 aliphatic carbocycles. The van der Waals surface area contributed by atoms with Gasteiger partial charge in [-0.3, -0.25) is 9.59 Å². The van der Waals surface area contributed by atoms with Crippen molar-refractivity contribution in [2.45, 2.75) is 31.7 Å². The van der Waals surface area contributed by atoms with E-state index in [2.05, 4.69) is 5.32 Å². The van der Waals surface area contributed by atoms with E-state index in [-0.39, 0.29) is 23.8 Å². The molecule has 1 unspecified atom stereocenters. The maximum atomic E-state index is 12.5. The number of carbonyl (C=O) groups is 2. The lowest BCUT2D eigenvalue weighted by molar-refractivity contribution is -0.128. The van der Waals surface area contributed by atoms with Gasteiger partial charge in [-0.25, -0.2) is 0 Å². The summed E-state index contributed by atoms with van der Waals surface area (Å²) < 4.78 is 5.30. The van der Waals surface area contributed by atoms with E-state index in [1.54, 1.807) is 0 Å². The van der Waals surface area contributed by atoms with Crippen LogP contribution in [0.5, 0.6) is 0 Å². The van der Waals surface area contributed by atoms with E-state index in [4.69, 9.17) is 4.74 Å². The topological polar surface area (TPSA) is 58.6 Å². The van der Waals surface area contributed by atoms with Gasteiger partial charge in [0.25, 0.3) is 5.91 Å². The third-order valence-electron chi connectivity index (χ3n) is 4.67. The Morgan fingerprint density at radius 3 is 2.57 bits per heavy atom. The summed E-state index contributed by atoms with van der Waals surface area (Å²) in [5, 5.41) is 3.14. The zero-order valence-electron chi connectivity index (χ0n) is 13.4. The first-order chi connectivity index (χ1) is 11.2. The second-order valence-corrected chi connectivity index (χ2v) is 6.35. The number of likely N-dealkylation sites (tertiary alicyclic amines) is 1. The normalized spacial score (nSPS) is 22.6. The van der Waals surface area contributed by atoms with Crippen molar-refractivity contribution in [2.75, 3.05) is 26.3 Å². The van der Waals surface area contributed by atoms with Crippen LogP contribution in [-0.2, 0) is 9.53 Å². The van der Waals surface area contributed by atoms with Gasteiger partial charge in [-0.15, -0.1) is 0 Å². The van der Waals surface area contributed by atoms with Crippen LogP contribution in [0, 0.1) is 5.92 Å². The molecule has 0 bridgehead atoms. The van der Waals surface area contributed by atoms with E-state index in [0.717, 1.165) is 32.2 Å². The molecule has 2 fully saturated rings. The summed E-state index contributed by atoms with van der Waals surface area (Å²) in [4.78, 5) is 26.7. The molecule has 1 N–H and O–H groups in total. The fourth-order valence-electron chi connectivity index (χ4n) is 3.32. The van der Waals surface area contributed by atoms with E-state index in [1.165, 1.54) is 0 Å². The maximum absolute atomic E-state index is 12.5. The van der Waals surface area contributed by atoms with Crippen LogP contribution in [-0.4, -0.2) is 49.1 Å². The molecule has 2 aliphatic heterocycles. The molecule has 0 saturated carbocycles. The van der Waals surface area contributed by atoms with Crippen molar-refractivity contribution in [3.05, 3.63) is 35.9 Å². The number of benzene rings is 1. The van der Waals surface area contributed by atoms with Crippen molar-refractivity contribution in [2.24, 2.45) is 5.92 Å². The first kappa shape index (κ1) is 16.0. The van der Waals surface area contributed by atoms with Crippen molar-refractivity contribution in [1.29, 1.82) is 0 Å². The number of amides is 2. The lowest BCUT2D eigenvalue weighted by Crippen LogP contribution is -2.51. The highest BCUT2D eigenvalue weighted by Crippen LogP contribution is 2.18. The summed E-state index contributed by atoms with van der Waals surface area (Å²) >= 11 is 0. The standard InChI is InChI=1S/C18H24N2O3/c21-17(14-8-11-23-12-9-14)19-16-7-4-10-20(13-16)18(22)15-5-2-1-3-6-15/h1-3,5-6,14,16H,4,7-13H2,(H,19,21). The molecular weight excluding hydrogens is 292 g/mol. The van der Waals surface area contributed by atoms with Crippen molar-refractivity contribution in [1.82, 2.24) is 10.2 Å². The van der Waals surface area contributed by atoms with Gasteiger partial charge in [0.15, 0.2) is 0 Å². The zero-order chi connectivity index (χ0) is 16.1. The lowest BCUT2D eigenvalue weighted by atomic mass is 9.97. The molecule has 1 aromatic carbocycles. The highest BCUT2D eigenvalue weighted by Gasteiger charge is 2.28. The van der Waals surface area contributed by atoms with Gasteiger partial charge in [-0.05, 0) is 37.8 Å². The molecule has 1 atom stereocenters. The average molecular weight is 316 g/mol. The van der Waals surface area contributed by atoms with Crippen molar-refractivity contribution < 1.29 is 14.3 Å². The van der Waals surface area contributed by atoms with Crippen LogP contribution in [0.2, 0.25) is 0 Å². The molecule has 0 radical (unpaired) electrons. The van der Waals surface area contributed by atoms with Crippen molar-refractivity contribution in [3.8, 4) is 0 Å². The highest BCUT2D eigenvalue weighted by atomic mass is 16.5. The minimum absolute atomic E-state index is 0.0515. The predicted octanol–water partition coefficient (Wildman–Crippen LogP) is 1.83. The molecule has 124 valence electrons. The Morgan fingerprint density at radius 1 is 1.09 bits per heavy atom. The monoisotopic (exact) mass is 316 g/mol. The first-order valence-electron chi connectivity index (χ1n) is 8.46. The van der Waals surface area contributed by atoms with Crippen molar-refractivity contribution in [3.63, 3.8) is 0 Å². The quantitative estimate of drug-likeness (QED) is 0.925. The molecule has 5 heteroatoms. The summed E-state index contributed by atoms with van der Waals surface area (Å²) in [6, 6.07) is 9.40. The number of piperidine rings is 1. The maximum Gasteiger partial charge on any atom is 0.253 e. The van der Waals surface area contributed by atoms with Gasteiger partial charge in [-0.1, -0.05) is 18.2 Å². The Bertz CT molecular complexity index is 540. The summed E-state index contributed by atoms with van der Waals surface area (Å²) in [6.45, 7) is 2.70. The molecule has 2 heterocycles. The smallest absolute Gasteiger partial charge is 0.253 e. The fourth-order valence-corrected chi connectivity index (χ4v) is 3.32. The van der Waals surface area contributed by atoms with Gasteiger partial charge in [0, 0.05) is 43.8 Å². The Labute approximate surface area is 137 Å². The van der Waals surface area contributed by atoms with E-state index < -0.39 is 0 Å². The number of hydrogen-bond donors (Lipinski definition) is 1. The van der Waals surface area contributed by atoms with Crippen LogP contribution in [0.25, 0.3) is 0 Å². The second-order valence-electron chi connectivity index (χ2n) is 6.35. The summed E-state index contributed by atoms with van der Waals surface area (Å²) in [5.74, 6) is 0.229. The lowest BCUT2D eigenvalue weighted by Gasteiger charge is -2.34. The number of carbonyl (C=O) groups excluding carboxylic acids is 2. The van der Waals surface area contributed by atoms with E-state index in [0.29, 0.717) is 25.3 Å². The summed E-state index contributed by atoms with van der Waals surface area (Å²) in [5.41, 5.74) is 0.712. The molecule has 1 aromatic rings. The van der Waals surface area contributed by atoms with Crippen LogP contribution >= 0.6 is 0 Å². The first-order valence-corrected chi connectivity index (χ1v) is 8.46. The number of nitrogens with one attached hydrogen (secondary N) is 1. The molecule has 2 aliphatic rings. The van der Waals surface area contributed by atoms with Gasteiger partial charge in [0.2, 0.25) is 5.91 Å². The van der Waals surface area contributed by atoms with Gasteiger partial charge < -0.3 is 15.0 Å². The molecule has 0 spiro atoms. The summed E-state index contributed by atoms with van der Waals surface area (Å²) in [6.07, 6.45) is 3.46. The molecular formula is C18H24N2O3. The number of ether oxygens (including phenoxy) is 1. The molecule has 23 heavy (non-hydrogen) atoms. The number of nitrogens with zero attached hydrogens (tertiary/aromatic N) is 1. The fraction of sp³-hybridized carbons (Fsp3) is 0.556. The Hall–Kier alpha value is -1.88. The van der Waals surface area contributed by atoms with E-state index in [9.17, 15) is 9.59 Å². The van der Waals surface area contributed by atoms with E-state index >= 15 is 0 Å². The van der Waals surface area contributed by atoms with Crippen LogP contribution in [0.4, 0.5) is 0 Å². The van der Waals surface area contributed by atoms with Crippen LogP contribution in [0.15, 0.2) is 30.3 Å². The van der Waals surface area contributed by atoms with Crippen LogP contribution in [0.1, 0.15) is 36.0 Å². The van der Waals surface area contributed by atoms with Gasteiger partial charge in [0.05, 0.1) is 0 Å². The molecule has 2 amide bonds. The van der Waals surface area contributed by atoms with Crippen molar-refractivity contribution >= 4 is 11.8 Å². The third-order valence-corrected chi connectivity index (χ3v) is 4.67. The Balaban J connectivity index is 1.55. The Morgan fingerprint density at radius 2 is 1.83 bits per heavy atom. The van der Waals surface area contributed by atoms with Gasteiger partial charge in [-0.2, -0.15) is 0 Å². The molecule has 0 aromatic heterocycles. The minimum atomic E-state index is 0.0515. The average Bonchev–Trinajstić information content (AvgIpc) is 2.63. The molecule has 3 rings (SSSR count). The molecule has 2 saturated heterocycles. The largest absolute Gasteiger partial charge is 0.381 e. The predicted molar refractivity (Wildman–Crippen MR) is 87.1 cm³/mol. The Kier molecular flexibility index (Phi) is 5.28. The van der Waals surface area contributed by atoms with Crippen LogP contribution < -0.4 is 5.32 Å². The molecule has 5 nitrogen and oxygen atoms in total. The highest BCUT2D eigenvalue weighted by molar-refractivity contribution is 5.94. The SMILES string of the molecule is O=C(NC1CCCN(C(=O)c2ccccc2)C1)C1CCOCC1. The minimum Gasteiger partial charge on any atom is -0.381 e. The second kappa shape index (κ2) is 7.59. The zero-order valence-corrected chi connectivity index (χ0v) is 13.4. The summed E-state index contributed by atoms with van der Waals surface area (Å²) in [7, 11) is 0. The third kappa shape index (κ3) is 4.10. The van der Waals surface area contributed by atoms with Crippen LogP contribution in [0.3, 0.4) is 0 Å². The van der Waals surface area contributed by atoms with E-state index in [1.807, 2.05) is 35.2 Å².